The fourth-order valence-electron chi connectivity index (χ4n) is 9.66. The molecule has 0 atom stereocenters. The molecule has 0 unspecified atom stereocenters. The van der Waals surface area contributed by atoms with Crippen molar-refractivity contribution in [2.45, 2.75) is 33.4 Å². The standard InChI is InChI=1S/C56H39N3O4S2/c1-36-19-25-41(26-20-36)64(60,61)43-31-40(32-44(35-43)65(62,63)42-27-21-37(2)22-28-42)59-55-29-23-38(57-51-15-7-3-11-45(51)46-12-4-8-16-52(46)57)33-49(55)50-34-39(24-30-56(50)59)58-53-17-9-5-13-47(53)48-14-6-10-18-54(48)58/h3-35H,1-2H3. The van der Waals surface area contributed by atoms with Crippen molar-refractivity contribution in [3.05, 3.63) is 211 Å². The van der Waals surface area contributed by atoms with Gasteiger partial charge in [-0.2, -0.15) is 0 Å². The Hall–Kier alpha value is -7.72. The van der Waals surface area contributed by atoms with Crippen molar-refractivity contribution < 1.29 is 16.8 Å². The lowest BCUT2D eigenvalue weighted by molar-refractivity contribution is 0.594. The summed E-state index contributed by atoms with van der Waals surface area (Å²) < 4.78 is 65.1. The Kier molecular flexibility index (Phi) is 8.62. The predicted molar refractivity (Wildman–Crippen MR) is 263 cm³/mol. The Bertz CT molecular complexity index is 3790. The first-order valence-corrected chi connectivity index (χ1v) is 24.4. The number of nitrogens with zero attached hydrogens (tertiary/aromatic N) is 3. The molecule has 12 rings (SSSR count). The molecule has 0 spiro atoms. The molecule has 0 aliphatic heterocycles. The first kappa shape index (κ1) is 38.9. The zero-order valence-electron chi connectivity index (χ0n) is 35.3. The van der Waals surface area contributed by atoms with Crippen molar-refractivity contribution in [1.82, 2.24) is 13.7 Å². The van der Waals surface area contributed by atoms with Gasteiger partial charge in [0.25, 0.3) is 0 Å². The molecule has 0 radical (unpaired) electrons. The van der Waals surface area contributed by atoms with Crippen molar-refractivity contribution in [1.29, 1.82) is 0 Å². The van der Waals surface area contributed by atoms with Gasteiger partial charge in [0, 0.05) is 49.4 Å². The summed E-state index contributed by atoms with van der Waals surface area (Å²) in [7, 11) is -8.38. The third-order valence-corrected chi connectivity index (χ3v) is 16.3. The van der Waals surface area contributed by atoms with E-state index in [9.17, 15) is 16.8 Å². The smallest absolute Gasteiger partial charge is 0.206 e. The highest BCUT2D eigenvalue weighted by atomic mass is 32.2. The second-order valence-corrected chi connectivity index (χ2v) is 20.7. The van der Waals surface area contributed by atoms with Crippen LogP contribution in [0.25, 0.3) is 82.5 Å². The number of hydrogen-bond donors (Lipinski definition) is 0. The van der Waals surface area contributed by atoms with Crippen LogP contribution in [0.2, 0.25) is 0 Å². The third kappa shape index (κ3) is 6.00. The molecule has 0 saturated heterocycles. The lowest BCUT2D eigenvalue weighted by Crippen LogP contribution is -2.09. The number of aryl methyl sites for hydroxylation is 2. The van der Waals surface area contributed by atoms with Gasteiger partial charge in [0.15, 0.2) is 0 Å². The van der Waals surface area contributed by atoms with Crippen LogP contribution in [-0.2, 0) is 19.7 Å². The van der Waals surface area contributed by atoms with Crippen LogP contribution >= 0.6 is 0 Å². The Morgan fingerprint density at radius 2 is 0.585 bits per heavy atom. The summed E-state index contributed by atoms with van der Waals surface area (Å²) in [5.74, 6) is 0. The molecule has 9 aromatic carbocycles. The summed E-state index contributed by atoms with van der Waals surface area (Å²) in [6, 6.07) is 64.1. The number of sulfone groups is 2. The number of benzene rings is 9. The van der Waals surface area contributed by atoms with Gasteiger partial charge in [0.1, 0.15) is 0 Å². The minimum Gasteiger partial charge on any atom is -0.309 e. The second-order valence-electron chi connectivity index (χ2n) is 16.8. The maximum absolute atomic E-state index is 14.6. The molecule has 0 saturated carbocycles. The van der Waals surface area contributed by atoms with Gasteiger partial charge >= 0.3 is 0 Å². The van der Waals surface area contributed by atoms with E-state index in [2.05, 4.69) is 143 Å². The van der Waals surface area contributed by atoms with Crippen molar-refractivity contribution in [2.24, 2.45) is 0 Å². The minimum absolute atomic E-state index is 0.0767. The molecule has 65 heavy (non-hydrogen) atoms. The topological polar surface area (TPSA) is 83.1 Å². The summed E-state index contributed by atoms with van der Waals surface area (Å²) in [6.45, 7) is 3.79. The quantitative estimate of drug-likeness (QED) is 0.160. The minimum atomic E-state index is -4.19. The van der Waals surface area contributed by atoms with E-state index in [1.165, 1.54) is 6.07 Å². The van der Waals surface area contributed by atoms with Gasteiger partial charge in [-0.05, 0) is 117 Å². The number of fused-ring (bicyclic) bond motifs is 9. The van der Waals surface area contributed by atoms with Gasteiger partial charge < -0.3 is 13.7 Å². The van der Waals surface area contributed by atoms with Crippen LogP contribution < -0.4 is 0 Å². The van der Waals surface area contributed by atoms with Crippen LogP contribution in [0, 0.1) is 13.8 Å². The van der Waals surface area contributed by atoms with Gasteiger partial charge in [0.05, 0.1) is 52.7 Å². The molecule has 0 aliphatic rings. The van der Waals surface area contributed by atoms with E-state index in [4.69, 9.17) is 0 Å². The summed E-state index contributed by atoms with van der Waals surface area (Å²) in [4.78, 5) is -0.0905. The van der Waals surface area contributed by atoms with Crippen LogP contribution in [0.1, 0.15) is 11.1 Å². The SMILES string of the molecule is Cc1ccc(S(=O)(=O)c2cc(-n3c4ccc(-n5c6ccccc6c6ccccc65)cc4c4cc(-n5c6ccccc6c6ccccc65)ccc43)cc(S(=O)(=O)c3ccc(C)cc3)c2)cc1. The second kappa shape index (κ2) is 14.4. The van der Waals surface area contributed by atoms with Crippen LogP contribution in [-0.4, -0.2) is 30.5 Å². The fourth-order valence-corrected chi connectivity index (χ4v) is 12.4. The number of rotatable bonds is 7. The van der Waals surface area contributed by atoms with Crippen LogP contribution in [0.4, 0.5) is 0 Å². The van der Waals surface area contributed by atoms with E-state index in [0.29, 0.717) is 5.69 Å². The number of aromatic nitrogens is 3. The van der Waals surface area contributed by atoms with Gasteiger partial charge in [-0.3, -0.25) is 0 Å². The summed E-state index contributed by atoms with van der Waals surface area (Å²) in [5.41, 5.74) is 9.98. The van der Waals surface area contributed by atoms with Crippen molar-refractivity contribution in [3.8, 4) is 17.1 Å². The molecule has 3 aromatic heterocycles. The molecule has 0 amide bonds. The van der Waals surface area contributed by atoms with Crippen LogP contribution in [0.5, 0.6) is 0 Å². The summed E-state index contributed by atoms with van der Waals surface area (Å²) in [6.07, 6.45) is 0. The molecule has 0 N–H and O–H groups in total. The molecule has 3 heterocycles. The molecular weight excluding hydrogens is 843 g/mol. The van der Waals surface area contributed by atoms with E-state index in [1.807, 2.05) is 18.4 Å². The molecule has 314 valence electrons. The van der Waals surface area contributed by atoms with E-state index >= 15 is 0 Å². The summed E-state index contributed by atoms with van der Waals surface area (Å²) in [5, 5.41) is 6.41. The van der Waals surface area contributed by atoms with Crippen molar-refractivity contribution in [3.63, 3.8) is 0 Å². The fraction of sp³-hybridized carbons (Fsp3) is 0.0357. The van der Waals surface area contributed by atoms with E-state index in [0.717, 1.165) is 87.9 Å². The summed E-state index contributed by atoms with van der Waals surface area (Å²) >= 11 is 0. The zero-order valence-corrected chi connectivity index (χ0v) is 37.0. The maximum Gasteiger partial charge on any atom is 0.206 e. The van der Waals surface area contributed by atoms with E-state index < -0.39 is 19.7 Å². The third-order valence-electron chi connectivity index (χ3n) is 12.8. The molecular formula is C56H39N3O4S2. The highest BCUT2D eigenvalue weighted by molar-refractivity contribution is 7.92. The maximum atomic E-state index is 14.6. The highest BCUT2D eigenvalue weighted by Crippen LogP contribution is 2.41. The predicted octanol–water partition coefficient (Wildman–Crippen LogP) is 13.3. The first-order valence-electron chi connectivity index (χ1n) is 21.4. The van der Waals surface area contributed by atoms with Crippen molar-refractivity contribution >= 4 is 85.1 Å². The first-order chi connectivity index (χ1) is 31.6. The lowest BCUT2D eigenvalue weighted by atomic mass is 10.1. The molecule has 7 nitrogen and oxygen atoms in total. The normalized spacial score (nSPS) is 12.4. The van der Waals surface area contributed by atoms with E-state index in [1.54, 1.807) is 60.7 Å². The number of para-hydroxylation sites is 4. The van der Waals surface area contributed by atoms with Crippen LogP contribution in [0.15, 0.2) is 220 Å². The Morgan fingerprint density at radius 1 is 0.277 bits per heavy atom. The largest absolute Gasteiger partial charge is 0.309 e. The molecule has 0 fully saturated rings. The van der Waals surface area contributed by atoms with Gasteiger partial charge in [0.2, 0.25) is 19.7 Å². The average molecular weight is 882 g/mol. The number of hydrogen-bond acceptors (Lipinski definition) is 4. The zero-order chi connectivity index (χ0) is 44.2. The lowest BCUT2D eigenvalue weighted by Gasteiger charge is -2.15. The van der Waals surface area contributed by atoms with E-state index in [-0.39, 0.29) is 19.6 Å². The van der Waals surface area contributed by atoms with Gasteiger partial charge in [-0.15, -0.1) is 0 Å². The van der Waals surface area contributed by atoms with Gasteiger partial charge in [-0.25, -0.2) is 16.8 Å². The molecule has 12 aromatic rings. The van der Waals surface area contributed by atoms with Gasteiger partial charge in [-0.1, -0.05) is 108 Å². The molecule has 9 heteroatoms. The monoisotopic (exact) mass is 881 g/mol. The molecule has 0 aliphatic carbocycles. The highest BCUT2D eigenvalue weighted by Gasteiger charge is 2.27. The Balaban J connectivity index is 1.17. The Labute approximate surface area is 375 Å². The van der Waals surface area contributed by atoms with Crippen molar-refractivity contribution in [2.75, 3.05) is 0 Å². The Morgan fingerprint density at radius 3 is 0.938 bits per heavy atom. The molecule has 0 bridgehead atoms. The van der Waals surface area contributed by atoms with Crippen LogP contribution in [0.3, 0.4) is 0 Å². The average Bonchev–Trinajstić information content (AvgIpc) is 3.97.